The summed E-state index contributed by atoms with van der Waals surface area (Å²) in [5, 5.41) is 16.9. The first-order valence-corrected chi connectivity index (χ1v) is 12.9. The van der Waals surface area contributed by atoms with Gasteiger partial charge in [-0.25, -0.2) is 8.78 Å². The number of halogens is 2. The molecule has 4 rings (SSSR count). The number of imide groups is 1. The fourth-order valence-electron chi connectivity index (χ4n) is 4.61. The summed E-state index contributed by atoms with van der Waals surface area (Å²) in [6.45, 7) is 2.69. The van der Waals surface area contributed by atoms with E-state index >= 15 is 0 Å². The zero-order valence-electron chi connectivity index (χ0n) is 21.6. The van der Waals surface area contributed by atoms with Crippen LogP contribution in [-0.4, -0.2) is 41.5 Å². The molecular weight excluding hydrogens is 504 g/mol. The van der Waals surface area contributed by atoms with Crippen LogP contribution in [0.4, 0.5) is 14.5 Å². The third-order valence-corrected chi connectivity index (χ3v) is 6.68. The Bertz CT molecular complexity index is 1310. The summed E-state index contributed by atoms with van der Waals surface area (Å²) in [4.78, 5) is 38.2. The maximum atomic E-state index is 13.8. The molecule has 0 unspecified atom stereocenters. The van der Waals surface area contributed by atoms with Crippen LogP contribution in [0.3, 0.4) is 0 Å². The Hall–Kier alpha value is -3.95. The minimum atomic E-state index is -1.08. The van der Waals surface area contributed by atoms with Gasteiger partial charge in [-0.05, 0) is 65.9 Å². The number of carbonyl (C=O) groups is 3. The van der Waals surface area contributed by atoms with Gasteiger partial charge in [-0.3, -0.25) is 19.3 Å². The van der Waals surface area contributed by atoms with Crippen LogP contribution in [0.1, 0.15) is 46.8 Å². The Morgan fingerprint density at radius 2 is 1.56 bits per heavy atom. The van der Waals surface area contributed by atoms with E-state index in [1.165, 1.54) is 29.8 Å². The van der Waals surface area contributed by atoms with E-state index < -0.39 is 29.7 Å². The Labute approximate surface area is 225 Å². The van der Waals surface area contributed by atoms with Crippen molar-refractivity contribution in [2.24, 2.45) is 0 Å². The summed E-state index contributed by atoms with van der Waals surface area (Å²) in [5.41, 5.74) is 3.14. The van der Waals surface area contributed by atoms with E-state index in [0.29, 0.717) is 12.2 Å². The van der Waals surface area contributed by atoms with Gasteiger partial charge in [0.15, 0.2) is 0 Å². The van der Waals surface area contributed by atoms with E-state index in [1.54, 1.807) is 0 Å². The second-order valence-corrected chi connectivity index (χ2v) is 9.60. The summed E-state index contributed by atoms with van der Waals surface area (Å²) >= 11 is 0. The number of hydrogen-bond acceptors (Lipinski definition) is 5. The average molecular weight is 536 g/mol. The SMILES string of the molecule is CCc1cccc(CNC[C@@H](O)[C@H](Cc2cc(F)cc(F)c2)NC(=O)c2ccc(N3C(=O)CCC3=O)cc2)c1. The van der Waals surface area contributed by atoms with E-state index in [-0.39, 0.29) is 48.7 Å². The normalized spacial score (nSPS) is 14.9. The fourth-order valence-corrected chi connectivity index (χ4v) is 4.61. The lowest BCUT2D eigenvalue weighted by Crippen LogP contribution is -2.48. The molecule has 9 heteroatoms. The number of anilines is 1. The number of aliphatic hydroxyl groups is 1. The smallest absolute Gasteiger partial charge is 0.251 e. The molecule has 0 spiro atoms. The highest BCUT2D eigenvalue weighted by atomic mass is 19.1. The minimum absolute atomic E-state index is 0.0105. The van der Waals surface area contributed by atoms with Crippen LogP contribution in [0.2, 0.25) is 0 Å². The molecular formula is C30H31F2N3O4. The van der Waals surface area contributed by atoms with E-state index in [0.717, 1.165) is 35.1 Å². The van der Waals surface area contributed by atoms with Crippen molar-refractivity contribution in [3.05, 3.63) is 101 Å². The molecule has 1 heterocycles. The molecule has 3 aromatic rings. The van der Waals surface area contributed by atoms with Crippen molar-refractivity contribution in [3.63, 3.8) is 0 Å². The molecule has 204 valence electrons. The van der Waals surface area contributed by atoms with Crippen molar-refractivity contribution in [2.45, 2.75) is 51.3 Å². The number of hydrogen-bond donors (Lipinski definition) is 3. The summed E-state index contributed by atoms with van der Waals surface area (Å²) < 4.78 is 27.7. The lowest BCUT2D eigenvalue weighted by Gasteiger charge is -2.25. The number of nitrogens with zero attached hydrogens (tertiary/aromatic N) is 1. The third kappa shape index (κ3) is 7.34. The van der Waals surface area contributed by atoms with Gasteiger partial charge in [0.05, 0.1) is 17.8 Å². The van der Waals surface area contributed by atoms with Gasteiger partial charge in [0.1, 0.15) is 11.6 Å². The topological polar surface area (TPSA) is 98.7 Å². The minimum Gasteiger partial charge on any atom is -0.390 e. The summed E-state index contributed by atoms with van der Waals surface area (Å²) in [6.07, 6.45) is 0.122. The number of benzene rings is 3. The third-order valence-electron chi connectivity index (χ3n) is 6.68. The van der Waals surface area contributed by atoms with Crippen LogP contribution in [0.5, 0.6) is 0 Å². The van der Waals surface area contributed by atoms with Gasteiger partial charge in [0, 0.05) is 37.6 Å². The molecule has 0 bridgehead atoms. The number of amides is 3. The molecule has 2 atom stereocenters. The van der Waals surface area contributed by atoms with Gasteiger partial charge in [0.2, 0.25) is 11.8 Å². The number of aliphatic hydroxyl groups excluding tert-OH is 1. The Morgan fingerprint density at radius 3 is 2.21 bits per heavy atom. The standard InChI is InChI=1S/C30H31F2N3O4/c1-2-19-4-3-5-20(12-19)17-33-18-27(36)26(15-21-13-23(31)16-24(32)14-21)34-30(39)22-6-8-25(9-7-22)35-28(37)10-11-29(35)38/h3-9,12-14,16,26-27,33,36H,2,10-11,15,17-18H2,1H3,(H,34,39)/t26-,27+/m0/s1. The molecule has 3 aromatic carbocycles. The molecule has 0 aromatic heterocycles. The highest BCUT2D eigenvalue weighted by molar-refractivity contribution is 6.19. The van der Waals surface area contributed by atoms with Gasteiger partial charge >= 0.3 is 0 Å². The molecule has 0 aliphatic carbocycles. The maximum Gasteiger partial charge on any atom is 0.251 e. The number of nitrogens with one attached hydrogen (secondary N) is 2. The summed E-state index contributed by atoms with van der Waals surface area (Å²) in [6, 6.07) is 16.2. The summed E-state index contributed by atoms with van der Waals surface area (Å²) in [7, 11) is 0. The number of rotatable bonds is 11. The van der Waals surface area contributed by atoms with Crippen LogP contribution in [0, 0.1) is 11.6 Å². The van der Waals surface area contributed by atoms with Crippen molar-refractivity contribution >= 4 is 23.4 Å². The Morgan fingerprint density at radius 1 is 0.923 bits per heavy atom. The average Bonchev–Trinajstić information content (AvgIpc) is 3.25. The van der Waals surface area contributed by atoms with Crippen molar-refractivity contribution in [1.29, 1.82) is 0 Å². The van der Waals surface area contributed by atoms with Crippen LogP contribution in [0.15, 0.2) is 66.7 Å². The molecule has 0 radical (unpaired) electrons. The van der Waals surface area contributed by atoms with E-state index in [1.807, 2.05) is 18.2 Å². The second kappa shape index (κ2) is 12.7. The number of carbonyl (C=O) groups excluding carboxylic acids is 3. The van der Waals surface area contributed by atoms with Gasteiger partial charge in [-0.15, -0.1) is 0 Å². The molecule has 3 amide bonds. The van der Waals surface area contributed by atoms with Gasteiger partial charge in [-0.1, -0.05) is 31.2 Å². The van der Waals surface area contributed by atoms with Crippen LogP contribution in [-0.2, 0) is 29.0 Å². The molecule has 1 aliphatic heterocycles. The van der Waals surface area contributed by atoms with Gasteiger partial charge in [-0.2, -0.15) is 0 Å². The highest BCUT2D eigenvalue weighted by Crippen LogP contribution is 2.23. The lowest BCUT2D eigenvalue weighted by atomic mass is 10.00. The largest absolute Gasteiger partial charge is 0.390 e. The maximum absolute atomic E-state index is 13.8. The van der Waals surface area contributed by atoms with E-state index in [9.17, 15) is 28.3 Å². The first-order valence-electron chi connectivity index (χ1n) is 12.9. The van der Waals surface area contributed by atoms with Gasteiger partial charge in [0.25, 0.3) is 5.91 Å². The first-order chi connectivity index (χ1) is 18.7. The highest BCUT2D eigenvalue weighted by Gasteiger charge is 2.30. The first kappa shape index (κ1) is 28.1. The van der Waals surface area contributed by atoms with Crippen LogP contribution < -0.4 is 15.5 Å². The van der Waals surface area contributed by atoms with Crippen molar-refractivity contribution < 1.29 is 28.3 Å². The quantitative estimate of drug-likeness (QED) is 0.326. The predicted octanol–water partition coefficient (Wildman–Crippen LogP) is 3.67. The van der Waals surface area contributed by atoms with E-state index in [4.69, 9.17) is 0 Å². The second-order valence-electron chi connectivity index (χ2n) is 9.60. The molecule has 1 saturated heterocycles. The fraction of sp³-hybridized carbons (Fsp3) is 0.300. The number of aryl methyl sites for hydroxylation is 1. The molecule has 3 N–H and O–H groups in total. The Balaban J connectivity index is 1.45. The van der Waals surface area contributed by atoms with Crippen LogP contribution >= 0.6 is 0 Å². The monoisotopic (exact) mass is 535 g/mol. The van der Waals surface area contributed by atoms with Crippen molar-refractivity contribution in [1.82, 2.24) is 10.6 Å². The zero-order valence-corrected chi connectivity index (χ0v) is 21.6. The molecule has 7 nitrogen and oxygen atoms in total. The molecule has 0 saturated carbocycles. The predicted molar refractivity (Wildman–Crippen MR) is 143 cm³/mol. The Kier molecular flexibility index (Phi) is 9.16. The summed E-state index contributed by atoms with van der Waals surface area (Å²) in [5.74, 6) is -2.61. The van der Waals surface area contributed by atoms with Crippen molar-refractivity contribution in [2.75, 3.05) is 11.4 Å². The molecule has 1 fully saturated rings. The van der Waals surface area contributed by atoms with Gasteiger partial charge < -0.3 is 15.7 Å². The van der Waals surface area contributed by atoms with Crippen LogP contribution in [0.25, 0.3) is 0 Å². The molecule has 39 heavy (non-hydrogen) atoms. The van der Waals surface area contributed by atoms with E-state index in [2.05, 4.69) is 23.6 Å². The zero-order chi connectivity index (χ0) is 27.9. The van der Waals surface area contributed by atoms with Crippen molar-refractivity contribution in [3.8, 4) is 0 Å². The molecule has 1 aliphatic rings. The lowest BCUT2D eigenvalue weighted by molar-refractivity contribution is -0.121.